The van der Waals surface area contributed by atoms with Gasteiger partial charge in [-0.05, 0) is 6.07 Å². The number of aromatic hydroxyl groups is 2. The number of aliphatic carboxylic acids is 1. The van der Waals surface area contributed by atoms with E-state index in [1.165, 1.54) is 0 Å². The minimum Gasteiger partial charge on any atom is -0.507 e. The molecule has 8 nitrogen and oxygen atoms in total. The molecule has 0 aliphatic carbocycles. The molecule has 0 fully saturated rings. The van der Waals surface area contributed by atoms with E-state index in [1.54, 1.807) is 0 Å². The molecule has 0 aromatic heterocycles. The van der Waals surface area contributed by atoms with Crippen molar-refractivity contribution in [2.75, 3.05) is 0 Å². The zero-order chi connectivity index (χ0) is 14.7. The van der Waals surface area contributed by atoms with Gasteiger partial charge >= 0.3 is 11.9 Å². The van der Waals surface area contributed by atoms with Gasteiger partial charge in [-0.15, -0.1) is 0 Å². The van der Waals surface area contributed by atoms with Crippen molar-refractivity contribution in [2.24, 2.45) is 0 Å². The number of aliphatic hydroxyl groups is 2. The van der Waals surface area contributed by atoms with Gasteiger partial charge in [-0.1, -0.05) is 0 Å². The van der Waals surface area contributed by atoms with E-state index in [1.807, 2.05) is 0 Å². The van der Waals surface area contributed by atoms with Crippen LogP contribution in [0.2, 0.25) is 0 Å². The molecule has 0 amide bonds. The number of phenols is 2. The number of aromatic carboxylic acids is 1. The highest BCUT2D eigenvalue weighted by Crippen LogP contribution is 2.33. The summed E-state index contributed by atoms with van der Waals surface area (Å²) in [6.45, 7) is 0. The van der Waals surface area contributed by atoms with Gasteiger partial charge in [0.1, 0.15) is 23.2 Å². The molecule has 0 aliphatic heterocycles. The second kappa shape index (κ2) is 5.55. The summed E-state index contributed by atoms with van der Waals surface area (Å²) in [5, 5.41) is 55.1. The van der Waals surface area contributed by atoms with Gasteiger partial charge in [0.2, 0.25) is 0 Å². The molecule has 1 aromatic carbocycles. The molecule has 2 unspecified atom stereocenters. The highest BCUT2D eigenvalue weighted by atomic mass is 16.4. The predicted molar refractivity (Wildman–Crippen MR) is 60.0 cm³/mol. The van der Waals surface area contributed by atoms with Crippen molar-refractivity contribution in [3.63, 3.8) is 0 Å². The van der Waals surface area contributed by atoms with Crippen molar-refractivity contribution in [3.8, 4) is 11.5 Å². The molecule has 1 rings (SSSR count). The Kier molecular flexibility index (Phi) is 4.30. The topological polar surface area (TPSA) is 156 Å². The standard InChI is InChI=1S/C11H12O8/c12-6-2-7(13)5(11(18)19)1-4(6)10(17)8(14)3-9(15)16/h1-2,8,10,12-14,17H,3H2,(H,15,16)(H,18,19). The molecule has 0 spiro atoms. The van der Waals surface area contributed by atoms with Crippen molar-refractivity contribution in [1.29, 1.82) is 0 Å². The quantitative estimate of drug-likeness (QED) is 0.425. The molecule has 2 atom stereocenters. The van der Waals surface area contributed by atoms with Crippen molar-refractivity contribution < 1.29 is 40.2 Å². The second-order valence-corrected chi connectivity index (χ2v) is 3.84. The van der Waals surface area contributed by atoms with Crippen LogP contribution in [0.15, 0.2) is 12.1 Å². The van der Waals surface area contributed by atoms with E-state index in [9.17, 15) is 30.0 Å². The Balaban J connectivity index is 3.15. The fraction of sp³-hybridized carbons (Fsp3) is 0.273. The molecule has 0 saturated carbocycles. The zero-order valence-electron chi connectivity index (χ0n) is 9.52. The van der Waals surface area contributed by atoms with Crippen LogP contribution < -0.4 is 0 Å². The molecule has 6 N–H and O–H groups in total. The van der Waals surface area contributed by atoms with Gasteiger partial charge < -0.3 is 30.6 Å². The van der Waals surface area contributed by atoms with Gasteiger partial charge in [0.05, 0.1) is 12.5 Å². The van der Waals surface area contributed by atoms with Crippen molar-refractivity contribution in [3.05, 3.63) is 23.3 Å². The van der Waals surface area contributed by atoms with E-state index >= 15 is 0 Å². The Labute approximate surface area is 106 Å². The summed E-state index contributed by atoms with van der Waals surface area (Å²) < 4.78 is 0. The molecule has 0 radical (unpaired) electrons. The van der Waals surface area contributed by atoms with Crippen LogP contribution >= 0.6 is 0 Å². The molecule has 8 heteroatoms. The molecule has 0 aliphatic rings. The van der Waals surface area contributed by atoms with Crippen molar-refractivity contribution in [2.45, 2.75) is 18.6 Å². The Hall–Kier alpha value is -2.32. The number of benzene rings is 1. The predicted octanol–water partition coefficient (Wildman–Crippen LogP) is -0.335. The van der Waals surface area contributed by atoms with Crippen LogP contribution in [0.1, 0.15) is 28.4 Å². The number of phenolic OH excluding ortho intramolecular Hbond substituents is 1. The summed E-state index contributed by atoms with van der Waals surface area (Å²) in [6.07, 6.45) is -4.31. The third-order valence-corrected chi connectivity index (χ3v) is 2.44. The summed E-state index contributed by atoms with van der Waals surface area (Å²) in [7, 11) is 0. The number of hydrogen-bond donors (Lipinski definition) is 6. The van der Waals surface area contributed by atoms with E-state index in [-0.39, 0.29) is 5.56 Å². The molecular weight excluding hydrogens is 260 g/mol. The number of aliphatic hydroxyl groups excluding tert-OH is 2. The Bertz CT molecular complexity index is 510. The third kappa shape index (κ3) is 3.33. The summed E-state index contributed by atoms with van der Waals surface area (Å²) in [4.78, 5) is 21.2. The lowest BCUT2D eigenvalue weighted by Gasteiger charge is -2.18. The number of rotatable bonds is 5. The first-order valence-electron chi connectivity index (χ1n) is 5.11. The van der Waals surface area contributed by atoms with E-state index in [0.717, 1.165) is 6.07 Å². The number of carboxylic acid groups (broad SMARTS) is 2. The first-order valence-corrected chi connectivity index (χ1v) is 5.11. The summed E-state index contributed by atoms with van der Waals surface area (Å²) in [6, 6.07) is 1.46. The van der Waals surface area contributed by atoms with Gasteiger partial charge in [0.15, 0.2) is 0 Å². The maximum Gasteiger partial charge on any atom is 0.339 e. The van der Waals surface area contributed by atoms with Crippen LogP contribution in [0.4, 0.5) is 0 Å². The van der Waals surface area contributed by atoms with E-state index < -0.39 is 47.6 Å². The Morgan fingerprint density at radius 3 is 2.11 bits per heavy atom. The van der Waals surface area contributed by atoms with Crippen molar-refractivity contribution in [1.82, 2.24) is 0 Å². The van der Waals surface area contributed by atoms with Crippen molar-refractivity contribution >= 4 is 11.9 Å². The maximum atomic E-state index is 10.8. The molecule has 0 bridgehead atoms. The van der Waals surface area contributed by atoms with Crippen LogP contribution in [0.25, 0.3) is 0 Å². The molecule has 1 aromatic rings. The van der Waals surface area contributed by atoms with Gasteiger partial charge in [0.25, 0.3) is 0 Å². The summed E-state index contributed by atoms with van der Waals surface area (Å²) in [5.74, 6) is -4.24. The van der Waals surface area contributed by atoms with Crippen LogP contribution in [0.3, 0.4) is 0 Å². The lowest BCUT2D eigenvalue weighted by Crippen LogP contribution is -2.22. The fourth-order valence-corrected chi connectivity index (χ4v) is 1.50. The van der Waals surface area contributed by atoms with Crippen LogP contribution in [-0.2, 0) is 4.79 Å². The Morgan fingerprint density at radius 1 is 1.05 bits per heavy atom. The summed E-state index contributed by atoms with van der Waals surface area (Å²) >= 11 is 0. The fourth-order valence-electron chi connectivity index (χ4n) is 1.50. The van der Waals surface area contributed by atoms with Gasteiger partial charge in [-0.2, -0.15) is 0 Å². The number of carboxylic acids is 2. The smallest absolute Gasteiger partial charge is 0.339 e. The zero-order valence-corrected chi connectivity index (χ0v) is 9.52. The molecular formula is C11H12O8. The van der Waals surface area contributed by atoms with Crippen LogP contribution in [0.5, 0.6) is 11.5 Å². The van der Waals surface area contributed by atoms with Crippen LogP contribution in [0, 0.1) is 0 Å². The van der Waals surface area contributed by atoms with E-state index in [0.29, 0.717) is 6.07 Å². The van der Waals surface area contributed by atoms with Gasteiger partial charge in [-0.3, -0.25) is 4.79 Å². The highest BCUT2D eigenvalue weighted by molar-refractivity contribution is 5.91. The highest BCUT2D eigenvalue weighted by Gasteiger charge is 2.26. The van der Waals surface area contributed by atoms with E-state index in [2.05, 4.69) is 0 Å². The number of hydrogen-bond acceptors (Lipinski definition) is 6. The minimum atomic E-state index is -1.80. The maximum absolute atomic E-state index is 10.8. The van der Waals surface area contributed by atoms with Gasteiger partial charge in [0, 0.05) is 11.6 Å². The second-order valence-electron chi connectivity index (χ2n) is 3.84. The van der Waals surface area contributed by atoms with Gasteiger partial charge in [-0.25, -0.2) is 4.79 Å². The largest absolute Gasteiger partial charge is 0.507 e. The average Bonchev–Trinajstić information content (AvgIpc) is 2.26. The monoisotopic (exact) mass is 272 g/mol. The third-order valence-electron chi connectivity index (χ3n) is 2.44. The first kappa shape index (κ1) is 14.7. The SMILES string of the molecule is O=C(O)CC(O)C(O)c1cc(C(=O)O)c(O)cc1O. The van der Waals surface area contributed by atoms with E-state index in [4.69, 9.17) is 10.2 Å². The lowest BCUT2D eigenvalue weighted by atomic mass is 9.98. The first-order chi connectivity index (χ1) is 8.73. The Morgan fingerprint density at radius 2 is 1.63 bits per heavy atom. The number of carbonyl (C=O) groups is 2. The minimum absolute atomic E-state index is 0.385. The summed E-state index contributed by atoms with van der Waals surface area (Å²) in [5.41, 5.74) is -0.974. The average molecular weight is 272 g/mol. The molecule has 19 heavy (non-hydrogen) atoms. The lowest BCUT2D eigenvalue weighted by molar-refractivity contribution is -0.141. The normalized spacial score (nSPS) is 13.8. The van der Waals surface area contributed by atoms with Crippen LogP contribution in [-0.4, -0.2) is 48.7 Å². The molecule has 0 heterocycles. The molecule has 0 saturated heterocycles. The molecule has 104 valence electrons.